The summed E-state index contributed by atoms with van der Waals surface area (Å²) < 4.78 is 14.1. The molecular formula is C26H33FN2O3. The van der Waals surface area contributed by atoms with Crippen molar-refractivity contribution < 1.29 is 19.1 Å². The Labute approximate surface area is 188 Å². The Kier molecular flexibility index (Phi) is 4.78. The van der Waals surface area contributed by atoms with Gasteiger partial charge in [-0.05, 0) is 110 Å². The number of nitrogens with zero attached hydrogens (tertiary/aromatic N) is 1. The van der Waals surface area contributed by atoms with E-state index in [0.717, 1.165) is 42.2 Å². The molecule has 5 nitrogen and oxygen atoms in total. The number of carbonyl (C=O) groups is 2. The number of nitrogens with one attached hydrogen (secondary N) is 1. The van der Waals surface area contributed by atoms with Gasteiger partial charge in [-0.25, -0.2) is 9.18 Å². The summed E-state index contributed by atoms with van der Waals surface area (Å²) in [7, 11) is 0. The number of amides is 2. The van der Waals surface area contributed by atoms with E-state index in [1.165, 1.54) is 38.2 Å². The van der Waals surface area contributed by atoms with Crippen LogP contribution >= 0.6 is 0 Å². The number of urea groups is 1. The van der Waals surface area contributed by atoms with Crippen LogP contribution in [0.4, 0.5) is 9.18 Å². The number of fused-ring (bicyclic) bond motifs is 2. The van der Waals surface area contributed by atoms with E-state index in [9.17, 15) is 19.1 Å². The highest BCUT2D eigenvalue weighted by Crippen LogP contribution is 2.54. The highest BCUT2D eigenvalue weighted by Gasteiger charge is 2.50. The summed E-state index contributed by atoms with van der Waals surface area (Å²) in [6.45, 7) is 1.30. The summed E-state index contributed by atoms with van der Waals surface area (Å²) in [5, 5.41) is 12.8. The molecule has 1 atom stereocenters. The third-order valence-corrected chi connectivity index (χ3v) is 9.61. The molecule has 1 saturated heterocycles. The Balaban J connectivity index is 1.14. The summed E-state index contributed by atoms with van der Waals surface area (Å²) in [6, 6.07) is 5.24. The Hall–Kier alpha value is -2.11. The van der Waals surface area contributed by atoms with Crippen molar-refractivity contribution in [2.75, 3.05) is 13.1 Å². The number of rotatable bonds is 3. The van der Waals surface area contributed by atoms with Gasteiger partial charge in [-0.1, -0.05) is 6.07 Å². The molecule has 172 valence electrons. The lowest BCUT2D eigenvalue weighted by molar-refractivity contribution is -0.137. The highest BCUT2D eigenvalue weighted by molar-refractivity contribution is 5.75. The van der Waals surface area contributed by atoms with Gasteiger partial charge in [0, 0.05) is 19.1 Å². The third-order valence-electron chi connectivity index (χ3n) is 9.61. The average molecular weight is 441 g/mol. The monoisotopic (exact) mass is 440 g/mol. The molecule has 4 bridgehead atoms. The summed E-state index contributed by atoms with van der Waals surface area (Å²) in [5.41, 5.74) is 1.75. The number of hydrogen-bond donors (Lipinski definition) is 2. The van der Waals surface area contributed by atoms with Crippen molar-refractivity contribution in [3.63, 3.8) is 0 Å². The van der Waals surface area contributed by atoms with E-state index in [1.807, 2.05) is 4.90 Å². The van der Waals surface area contributed by atoms with Crippen LogP contribution in [-0.4, -0.2) is 41.1 Å². The third kappa shape index (κ3) is 3.32. The molecular weight excluding hydrogens is 407 g/mol. The Morgan fingerprint density at radius 1 is 1.06 bits per heavy atom. The van der Waals surface area contributed by atoms with Crippen molar-refractivity contribution in [1.82, 2.24) is 10.2 Å². The molecule has 6 heteroatoms. The molecule has 1 aliphatic heterocycles. The predicted molar refractivity (Wildman–Crippen MR) is 118 cm³/mol. The zero-order valence-electron chi connectivity index (χ0n) is 18.6. The molecule has 2 N–H and O–H groups in total. The molecule has 2 amide bonds. The van der Waals surface area contributed by atoms with Crippen LogP contribution in [-0.2, 0) is 10.2 Å². The van der Waals surface area contributed by atoms with E-state index >= 15 is 0 Å². The molecule has 6 aliphatic rings. The maximum absolute atomic E-state index is 14.1. The number of carboxylic acids is 1. The smallest absolute Gasteiger partial charge is 0.317 e. The van der Waals surface area contributed by atoms with Crippen LogP contribution in [0.5, 0.6) is 0 Å². The fourth-order valence-electron chi connectivity index (χ4n) is 8.43. The number of carboxylic acid groups (broad SMARTS) is 1. The van der Waals surface area contributed by atoms with Gasteiger partial charge >= 0.3 is 12.0 Å². The number of likely N-dealkylation sites (tertiary alicyclic amines) is 1. The lowest BCUT2D eigenvalue weighted by atomic mass is 9.54. The fourth-order valence-corrected chi connectivity index (χ4v) is 8.43. The fraction of sp³-hybridized carbons (Fsp3) is 0.692. The van der Waals surface area contributed by atoms with Gasteiger partial charge in [-0.3, -0.25) is 4.79 Å². The number of hydrogen-bond acceptors (Lipinski definition) is 2. The highest BCUT2D eigenvalue weighted by atomic mass is 19.1. The second-order valence-electron chi connectivity index (χ2n) is 11.4. The van der Waals surface area contributed by atoms with Crippen molar-refractivity contribution >= 4 is 12.0 Å². The van der Waals surface area contributed by atoms with Gasteiger partial charge in [0.1, 0.15) is 5.82 Å². The first-order chi connectivity index (χ1) is 15.4. The van der Waals surface area contributed by atoms with E-state index in [2.05, 4.69) is 5.32 Å². The van der Waals surface area contributed by atoms with Gasteiger partial charge in [-0.2, -0.15) is 0 Å². The number of carbonyl (C=O) groups excluding carboxylic acids is 1. The molecule has 5 fully saturated rings. The van der Waals surface area contributed by atoms with Crippen LogP contribution in [0.2, 0.25) is 0 Å². The molecule has 0 aromatic heterocycles. The van der Waals surface area contributed by atoms with E-state index in [-0.39, 0.29) is 29.6 Å². The van der Waals surface area contributed by atoms with Gasteiger partial charge in [0.25, 0.3) is 0 Å². The number of aliphatic carboxylic acids is 1. The molecule has 1 aromatic carbocycles. The van der Waals surface area contributed by atoms with Gasteiger partial charge in [0.05, 0.1) is 6.42 Å². The molecule has 1 spiro atoms. The van der Waals surface area contributed by atoms with Crippen LogP contribution < -0.4 is 5.32 Å². The normalized spacial score (nSPS) is 36.3. The molecule has 32 heavy (non-hydrogen) atoms. The summed E-state index contributed by atoms with van der Waals surface area (Å²) >= 11 is 0. The quantitative estimate of drug-likeness (QED) is 0.719. The summed E-state index contributed by atoms with van der Waals surface area (Å²) in [4.78, 5) is 26.5. The minimum Gasteiger partial charge on any atom is -0.481 e. The Morgan fingerprint density at radius 2 is 1.72 bits per heavy atom. The largest absolute Gasteiger partial charge is 0.481 e. The van der Waals surface area contributed by atoms with Crippen LogP contribution in [0.1, 0.15) is 74.8 Å². The second kappa shape index (κ2) is 7.46. The molecule has 1 heterocycles. The van der Waals surface area contributed by atoms with E-state index in [4.69, 9.17) is 0 Å². The predicted octanol–water partition coefficient (Wildman–Crippen LogP) is 4.66. The first-order valence-corrected chi connectivity index (χ1v) is 12.5. The summed E-state index contributed by atoms with van der Waals surface area (Å²) in [6.07, 6.45) is 8.92. The molecule has 4 saturated carbocycles. The maximum Gasteiger partial charge on any atom is 0.317 e. The second-order valence-corrected chi connectivity index (χ2v) is 11.4. The van der Waals surface area contributed by atoms with Crippen molar-refractivity contribution in [2.24, 2.45) is 23.7 Å². The van der Waals surface area contributed by atoms with Crippen LogP contribution in [0.25, 0.3) is 0 Å². The van der Waals surface area contributed by atoms with Crippen LogP contribution in [0.15, 0.2) is 18.2 Å². The Bertz CT molecular complexity index is 911. The van der Waals surface area contributed by atoms with Crippen molar-refractivity contribution in [2.45, 2.75) is 75.2 Å². The first kappa shape index (κ1) is 20.5. The number of piperidine rings is 1. The minimum absolute atomic E-state index is 0.0665. The van der Waals surface area contributed by atoms with Gasteiger partial charge < -0.3 is 15.3 Å². The zero-order chi connectivity index (χ0) is 22.0. The van der Waals surface area contributed by atoms with Crippen LogP contribution in [0, 0.1) is 29.5 Å². The number of halogens is 1. The van der Waals surface area contributed by atoms with E-state index in [0.29, 0.717) is 31.0 Å². The molecule has 1 unspecified atom stereocenters. The standard InChI is InChI=1S/C26H33FN2O3/c27-20-1-2-21-19(12-23(30)31)14-26(22(21)13-20)3-5-29(6-4-26)25(32)28-24-17-8-15-7-16(10-17)11-18(24)9-15/h1-2,13,15-19,24H,3-12,14H2,(H,28,32)(H,30,31). The van der Waals surface area contributed by atoms with Crippen LogP contribution in [0.3, 0.4) is 0 Å². The van der Waals surface area contributed by atoms with E-state index < -0.39 is 5.97 Å². The van der Waals surface area contributed by atoms with E-state index in [1.54, 1.807) is 12.1 Å². The molecule has 0 radical (unpaired) electrons. The van der Waals surface area contributed by atoms with Gasteiger partial charge in [-0.15, -0.1) is 0 Å². The number of benzene rings is 1. The maximum atomic E-state index is 14.1. The SMILES string of the molecule is O=C(O)CC1CC2(CCN(C(=O)NC3C4CC5CC(C4)CC3C5)CC2)c2cc(F)ccc21. The molecule has 5 aliphatic carbocycles. The average Bonchev–Trinajstić information content (AvgIpc) is 3.02. The summed E-state index contributed by atoms with van der Waals surface area (Å²) in [5.74, 6) is 1.96. The first-order valence-electron chi connectivity index (χ1n) is 12.5. The van der Waals surface area contributed by atoms with Crippen molar-refractivity contribution in [3.8, 4) is 0 Å². The Morgan fingerprint density at radius 3 is 2.34 bits per heavy atom. The van der Waals surface area contributed by atoms with Gasteiger partial charge in [0.2, 0.25) is 0 Å². The van der Waals surface area contributed by atoms with Crippen molar-refractivity contribution in [1.29, 1.82) is 0 Å². The minimum atomic E-state index is -0.810. The van der Waals surface area contributed by atoms with Crippen molar-refractivity contribution in [3.05, 3.63) is 35.1 Å². The lowest BCUT2D eigenvalue weighted by Crippen LogP contribution is -2.59. The van der Waals surface area contributed by atoms with Gasteiger partial charge in [0.15, 0.2) is 0 Å². The topological polar surface area (TPSA) is 69.6 Å². The zero-order valence-corrected chi connectivity index (χ0v) is 18.6. The molecule has 1 aromatic rings. The molecule has 7 rings (SSSR count). The lowest BCUT2D eigenvalue weighted by Gasteiger charge is -2.54.